The maximum absolute atomic E-state index is 5.58. The molecule has 0 aliphatic carbocycles. The van der Waals surface area contributed by atoms with Gasteiger partial charge in [0.05, 0.1) is 0 Å². The van der Waals surface area contributed by atoms with Crippen molar-refractivity contribution in [3.05, 3.63) is 23.7 Å². The summed E-state index contributed by atoms with van der Waals surface area (Å²) in [7, 11) is 2.22. The van der Waals surface area contributed by atoms with E-state index in [1.165, 1.54) is 19.4 Å². The second-order valence-electron chi connectivity index (χ2n) is 4.74. The lowest BCUT2D eigenvalue weighted by Gasteiger charge is -2.31. The monoisotopic (exact) mass is 222 g/mol. The van der Waals surface area contributed by atoms with Gasteiger partial charge in [0.25, 0.3) is 0 Å². The van der Waals surface area contributed by atoms with Gasteiger partial charge in [0.2, 0.25) is 0 Å². The molecule has 0 saturated carbocycles. The lowest BCUT2D eigenvalue weighted by molar-refractivity contribution is 0.202. The average molecular weight is 222 g/mol. The van der Waals surface area contributed by atoms with Gasteiger partial charge >= 0.3 is 0 Å². The lowest BCUT2D eigenvalue weighted by atomic mass is 10.1. The molecule has 0 aromatic carbocycles. The number of hydrogen-bond acceptors (Lipinski definition) is 3. The van der Waals surface area contributed by atoms with Gasteiger partial charge in [-0.3, -0.25) is 0 Å². The van der Waals surface area contributed by atoms with Crippen LogP contribution in [-0.2, 0) is 6.42 Å². The molecule has 1 N–H and O–H groups in total. The summed E-state index contributed by atoms with van der Waals surface area (Å²) in [6, 6.07) is 4.82. The van der Waals surface area contributed by atoms with Crippen LogP contribution in [0.5, 0.6) is 0 Å². The molecule has 2 rings (SSSR count). The molecule has 1 unspecified atom stereocenters. The minimum atomic E-state index is 0.699. The van der Waals surface area contributed by atoms with Crippen molar-refractivity contribution in [2.45, 2.75) is 32.2 Å². The number of likely N-dealkylation sites (N-methyl/N-ethyl adjacent to an activating group) is 1. The third kappa shape index (κ3) is 3.09. The fourth-order valence-electron chi connectivity index (χ4n) is 2.30. The minimum Gasteiger partial charge on any atom is -0.466 e. The van der Waals surface area contributed by atoms with E-state index in [2.05, 4.69) is 23.3 Å². The highest BCUT2D eigenvalue weighted by Gasteiger charge is 2.17. The summed E-state index contributed by atoms with van der Waals surface area (Å²) in [5.74, 6) is 2.12. The summed E-state index contributed by atoms with van der Waals surface area (Å²) < 4.78 is 5.58. The molecule has 0 radical (unpaired) electrons. The topological polar surface area (TPSA) is 28.4 Å². The smallest absolute Gasteiger partial charge is 0.105 e. The van der Waals surface area contributed by atoms with Crippen molar-refractivity contribution in [2.24, 2.45) is 0 Å². The Bertz CT molecular complexity index is 315. The Labute approximate surface area is 97.8 Å². The molecular formula is C13H22N2O. The first-order valence-corrected chi connectivity index (χ1v) is 6.22. The van der Waals surface area contributed by atoms with E-state index in [1.54, 1.807) is 0 Å². The van der Waals surface area contributed by atoms with Crippen LogP contribution in [0.25, 0.3) is 0 Å². The third-order valence-electron chi connectivity index (χ3n) is 3.40. The standard InChI is InChI=1S/C13H22N2O/c1-11-5-6-13(16-11)7-9-15(2)12-4-3-8-14-10-12/h5-6,12,14H,3-4,7-10H2,1-2H3. The van der Waals surface area contributed by atoms with Gasteiger partial charge < -0.3 is 14.6 Å². The first-order chi connectivity index (χ1) is 7.75. The van der Waals surface area contributed by atoms with Gasteiger partial charge in [-0.2, -0.15) is 0 Å². The highest BCUT2D eigenvalue weighted by atomic mass is 16.3. The van der Waals surface area contributed by atoms with Crippen LogP contribution in [-0.4, -0.2) is 37.6 Å². The quantitative estimate of drug-likeness (QED) is 0.842. The number of furan rings is 1. The van der Waals surface area contributed by atoms with Gasteiger partial charge in [0.1, 0.15) is 11.5 Å². The van der Waals surface area contributed by atoms with Crippen LogP contribution < -0.4 is 5.32 Å². The molecule has 2 heterocycles. The molecule has 0 bridgehead atoms. The molecule has 3 nitrogen and oxygen atoms in total. The molecule has 0 amide bonds. The van der Waals surface area contributed by atoms with Crippen molar-refractivity contribution in [3.63, 3.8) is 0 Å². The molecular weight excluding hydrogens is 200 g/mol. The second-order valence-corrected chi connectivity index (χ2v) is 4.74. The van der Waals surface area contributed by atoms with Gasteiger partial charge in [-0.15, -0.1) is 0 Å². The maximum Gasteiger partial charge on any atom is 0.105 e. The first-order valence-electron chi connectivity index (χ1n) is 6.22. The molecule has 1 aliphatic heterocycles. The van der Waals surface area contributed by atoms with Crippen molar-refractivity contribution in [3.8, 4) is 0 Å². The molecule has 1 fully saturated rings. The molecule has 90 valence electrons. The Kier molecular flexibility index (Phi) is 4.02. The maximum atomic E-state index is 5.58. The molecule has 1 saturated heterocycles. The largest absolute Gasteiger partial charge is 0.466 e. The predicted molar refractivity (Wildman–Crippen MR) is 65.7 cm³/mol. The van der Waals surface area contributed by atoms with E-state index in [-0.39, 0.29) is 0 Å². The normalized spacial score (nSPS) is 21.6. The van der Waals surface area contributed by atoms with E-state index < -0.39 is 0 Å². The van der Waals surface area contributed by atoms with Gasteiger partial charge in [-0.25, -0.2) is 0 Å². The van der Waals surface area contributed by atoms with Crippen LogP contribution in [0.3, 0.4) is 0 Å². The predicted octanol–water partition coefficient (Wildman–Crippen LogP) is 1.81. The highest BCUT2D eigenvalue weighted by Crippen LogP contribution is 2.11. The van der Waals surface area contributed by atoms with Crippen LogP contribution in [0.2, 0.25) is 0 Å². The number of nitrogens with one attached hydrogen (secondary N) is 1. The number of aryl methyl sites for hydroxylation is 1. The van der Waals surface area contributed by atoms with Crippen molar-refractivity contribution < 1.29 is 4.42 Å². The lowest BCUT2D eigenvalue weighted by Crippen LogP contribution is -2.44. The van der Waals surface area contributed by atoms with Crippen LogP contribution in [0.4, 0.5) is 0 Å². The van der Waals surface area contributed by atoms with Gasteiger partial charge in [0, 0.05) is 25.6 Å². The van der Waals surface area contributed by atoms with E-state index >= 15 is 0 Å². The SMILES string of the molecule is Cc1ccc(CCN(C)C2CCCNC2)o1. The van der Waals surface area contributed by atoms with Crippen LogP contribution >= 0.6 is 0 Å². The summed E-state index contributed by atoms with van der Waals surface area (Å²) in [6.07, 6.45) is 3.64. The molecule has 1 aliphatic rings. The summed E-state index contributed by atoms with van der Waals surface area (Å²) in [4.78, 5) is 2.45. The second kappa shape index (κ2) is 5.51. The van der Waals surface area contributed by atoms with Crippen molar-refractivity contribution in [2.75, 3.05) is 26.7 Å². The van der Waals surface area contributed by atoms with Gasteiger partial charge in [-0.05, 0) is 45.5 Å². The Morgan fingerprint density at radius 3 is 3.00 bits per heavy atom. The molecule has 0 spiro atoms. The Balaban J connectivity index is 1.76. The summed E-state index contributed by atoms with van der Waals surface area (Å²) in [6.45, 7) is 5.40. The third-order valence-corrected chi connectivity index (χ3v) is 3.40. The molecule has 16 heavy (non-hydrogen) atoms. The van der Waals surface area contributed by atoms with Crippen molar-refractivity contribution in [1.82, 2.24) is 10.2 Å². The Morgan fingerprint density at radius 1 is 1.50 bits per heavy atom. The van der Waals surface area contributed by atoms with Gasteiger partial charge in [0.15, 0.2) is 0 Å². The minimum absolute atomic E-state index is 0.699. The summed E-state index contributed by atoms with van der Waals surface area (Å²) in [5.41, 5.74) is 0. The van der Waals surface area contributed by atoms with Crippen molar-refractivity contribution >= 4 is 0 Å². The molecule has 3 heteroatoms. The van der Waals surface area contributed by atoms with Crippen molar-refractivity contribution in [1.29, 1.82) is 0 Å². The fourth-order valence-corrected chi connectivity index (χ4v) is 2.30. The first kappa shape index (κ1) is 11.7. The van der Waals surface area contributed by atoms with E-state index in [0.29, 0.717) is 6.04 Å². The summed E-state index contributed by atoms with van der Waals surface area (Å²) in [5, 5.41) is 3.45. The average Bonchev–Trinajstić information content (AvgIpc) is 2.73. The Hall–Kier alpha value is -0.800. The zero-order valence-corrected chi connectivity index (χ0v) is 10.3. The van der Waals surface area contributed by atoms with Crippen LogP contribution in [0.15, 0.2) is 16.5 Å². The summed E-state index contributed by atoms with van der Waals surface area (Å²) >= 11 is 0. The number of nitrogens with zero attached hydrogens (tertiary/aromatic N) is 1. The number of piperidine rings is 1. The Morgan fingerprint density at radius 2 is 2.38 bits per heavy atom. The number of hydrogen-bond donors (Lipinski definition) is 1. The van der Waals surface area contributed by atoms with Gasteiger partial charge in [-0.1, -0.05) is 0 Å². The zero-order valence-electron chi connectivity index (χ0n) is 10.3. The zero-order chi connectivity index (χ0) is 11.4. The molecule has 1 aromatic rings. The molecule has 1 aromatic heterocycles. The highest BCUT2D eigenvalue weighted by molar-refractivity contribution is 5.05. The van der Waals surface area contributed by atoms with E-state index in [9.17, 15) is 0 Å². The fraction of sp³-hybridized carbons (Fsp3) is 0.692. The van der Waals surface area contributed by atoms with Crippen LogP contribution in [0, 0.1) is 6.92 Å². The van der Waals surface area contributed by atoms with Crippen LogP contribution in [0.1, 0.15) is 24.4 Å². The van der Waals surface area contributed by atoms with E-state index in [1.807, 2.05) is 13.0 Å². The number of rotatable bonds is 4. The van der Waals surface area contributed by atoms with E-state index in [4.69, 9.17) is 4.42 Å². The van der Waals surface area contributed by atoms with E-state index in [0.717, 1.165) is 31.0 Å². The molecule has 1 atom stereocenters.